The van der Waals surface area contributed by atoms with Crippen LogP contribution in [0.3, 0.4) is 0 Å². The van der Waals surface area contributed by atoms with Crippen LogP contribution in [0.4, 0.5) is 5.82 Å². The maximum atomic E-state index is 12.8. The lowest BCUT2D eigenvalue weighted by atomic mass is 10.1. The van der Waals surface area contributed by atoms with Gasteiger partial charge in [-0.15, -0.1) is 0 Å². The summed E-state index contributed by atoms with van der Waals surface area (Å²) in [5.74, 6) is 0.661. The molecular formula is C22H21N3O2S. The van der Waals surface area contributed by atoms with Gasteiger partial charge in [-0.2, -0.15) is 0 Å². The molecule has 0 radical (unpaired) electrons. The third kappa shape index (κ3) is 3.55. The summed E-state index contributed by atoms with van der Waals surface area (Å²) in [7, 11) is -1.29. The van der Waals surface area contributed by atoms with Crippen molar-refractivity contribution in [3.63, 3.8) is 0 Å². The van der Waals surface area contributed by atoms with Gasteiger partial charge in [0.25, 0.3) is 0 Å². The Morgan fingerprint density at radius 3 is 2.61 bits per heavy atom. The van der Waals surface area contributed by atoms with E-state index < -0.39 is 10.8 Å². The van der Waals surface area contributed by atoms with E-state index in [-0.39, 0.29) is 11.5 Å². The van der Waals surface area contributed by atoms with Gasteiger partial charge in [0, 0.05) is 30.4 Å². The molecule has 2 aliphatic rings. The minimum atomic E-state index is -1.29. The van der Waals surface area contributed by atoms with Gasteiger partial charge in [-0.25, -0.2) is 0 Å². The Bertz CT molecular complexity index is 1140. The molecule has 28 heavy (non-hydrogen) atoms. The van der Waals surface area contributed by atoms with Crippen LogP contribution in [-0.4, -0.2) is 20.0 Å². The summed E-state index contributed by atoms with van der Waals surface area (Å²) < 4.78 is 14.5. The number of allylic oxidation sites excluding steroid dienone is 9. The zero-order valence-corrected chi connectivity index (χ0v) is 16.4. The number of anilines is 1. The SMILES string of the molecule is CS(=O)c1cncc2c(=O)cc(NC3=CCCC=C3)n(C3C=CC=CC=C3)c12. The van der Waals surface area contributed by atoms with Crippen LogP contribution in [0.25, 0.3) is 10.9 Å². The Morgan fingerprint density at radius 2 is 1.93 bits per heavy atom. The van der Waals surface area contributed by atoms with Crippen molar-refractivity contribution in [1.82, 2.24) is 9.55 Å². The predicted molar refractivity (Wildman–Crippen MR) is 115 cm³/mol. The van der Waals surface area contributed by atoms with Crippen LogP contribution < -0.4 is 10.7 Å². The summed E-state index contributed by atoms with van der Waals surface area (Å²) in [6, 6.07) is 1.45. The minimum absolute atomic E-state index is 0.140. The zero-order chi connectivity index (χ0) is 19.5. The first kappa shape index (κ1) is 18.4. The molecule has 5 nitrogen and oxygen atoms in total. The fraction of sp³-hybridized carbons (Fsp3) is 0.182. The lowest BCUT2D eigenvalue weighted by Crippen LogP contribution is -2.19. The van der Waals surface area contributed by atoms with Gasteiger partial charge in [0.05, 0.1) is 32.6 Å². The summed E-state index contributed by atoms with van der Waals surface area (Å²) in [5.41, 5.74) is 1.45. The fourth-order valence-corrected chi connectivity index (χ4v) is 4.14. The molecule has 0 fully saturated rings. The number of nitrogens with one attached hydrogen (secondary N) is 1. The number of rotatable bonds is 4. The van der Waals surface area contributed by atoms with Gasteiger partial charge < -0.3 is 9.88 Å². The van der Waals surface area contributed by atoms with Gasteiger partial charge in [-0.1, -0.05) is 48.6 Å². The molecule has 2 aromatic heterocycles. The van der Waals surface area contributed by atoms with E-state index in [1.165, 1.54) is 0 Å². The molecule has 2 aliphatic carbocycles. The summed E-state index contributed by atoms with van der Waals surface area (Å²) in [4.78, 5) is 17.5. The maximum Gasteiger partial charge on any atom is 0.193 e. The van der Waals surface area contributed by atoms with E-state index in [0.717, 1.165) is 18.5 Å². The van der Waals surface area contributed by atoms with E-state index in [1.807, 2.05) is 47.1 Å². The monoisotopic (exact) mass is 391 g/mol. The highest BCUT2D eigenvalue weighted by molar-refractivity contribution is 7.84. The van der Waals surface area contributed by atoms with Gasteiger partial charge >= 0.3 is 0 Å². The van der Waals surface area contributed by atoms with E-state index in [4.69, 9.17) is 0 Å². The molecule has 0 aliphatic heterocycles. The number of pyridine rings is 2. The van der Waals surface area contributed by atoms with Crippen molar-refractivity contribution in [2.45, 2.75) is 23.8 Å². The summed E-state index contributed by atoms with van der Waals surface area (Å²) >= 11 is 0. The van der Waals surface area contributed by atoms with Crippen LogP contribution >= 0.6 is 0 Å². The highest BCUT2D eigenvalue weighted by Gasteiger charge is 2.19. The fourth-order valence-electron chi connectivity index (χ4n) is 3.45. The molecule has 2 heterocycles. The molecule has 0 spiro atoms. The van der Waals surface area contributed by atoms with E-state index >= 15 is 0 Å². The van der Waals surface area contributed by atoms with Crippen LogP contribution in [0.5, 0.6) is 0 Å². The standard InChI is InChI=1S/C22H21N3O2S/c1-28(27)20-15-23-14-18-19(26)13-21(24-16-9-5-4-6-10-16)25(22(18)20)17-11-7-2-3-8-12-17/h2-3,5,7-15,17,24H,4,6H2,1H3. The van der Waals surface area contributed by atoms with Crippen molar-refractivity contribution in [3.05, 3.63) is 89.1 Å². The second kappa shape index (κ2) is 7.94. The number of aromatic nitrogens is 2. The smallest absolute Gasteiger partial charge is 0.193 e. The van der Waals surface area contributed by atoms with E-state index in [0.29, 0.717) is 21.6 Å². The molecule has 6 heteroatoms. The number of fused-ring (bicyclic) bond motifs is 1. The Kier molecular flexibility index (Phi) is 5.21. The van der Waals surface area contributed by atoms with Crippen LogP contribution in [0.1, 0.15) is 18.9 Å². The quantitative estimate of drug-likeness (QED) is 0.856. The van der Waals surface area contributed by atoms with Crippen molar-refractivity contribution < 1.29 is 4.21 Å². The first-order chi connectivity index (χ1) is 13.6. The highest BCUT2D eigenvalue weighted by Crippen LogP contribution is 2.29. The third-order valence-corrected chi connectivity index (χ3v) is 5.66. The lowest BCUT2D eigenvalue weighted by molar-refractivity contribution is 0.685. The van der Waals surface area contributed by atoms with Crippen molar-refractivity contribution in [2.75, 3.05) is 11.6 Å². The Labute approximate surface area is 165 Å². The molecule has 0 amide bonds. The molecule has 1 atom stereocenters. The first-order valence-electron chi connectivity index (χ1n) is 9.17. The normalized spacial score (nSPS) is 17.5. The van der Waals surface area contributed by atoms with Crippen molar-refractivity contribution in [1.29, 1.82) is 0 Å². The number of hydrogen-bond acceptors (Lipinski definition) is 4. The molecule has 1 N–H and O–H groups in total. The summed E-state index contributed by atoms with van der Waals surface area (Å²) in [6.45, 7) is 0. The molecule has 2 aromatic rings. The summed E-state index contributed by atoms with van der Waals surface area (Å²) in [5, 5.41) is 3.86. The maximum absolute atomic E-state index is 12.8. The second-order valence-corrected chi connectivity index (χ2v) is 8.01. The lowest BCUT2D eigenvalue weighted by Gasteiger charge is -2.24. The Morgan fingerprint density at radius 1 is 1.14 bits per heavy atom. The third-order valence-electron chi connectivity index (χ3n) is 4.74. The van der Waals surface area contributed by atoms with E-state index in [9.17, 15) is 9.00 Å². The highest BCUT2D eigenvalue weighted by atomic mass is 32.2. The predicted octanol–water partition coefficient (Wildman–Crippen LogP) is 4.00. The molecule has 142 valence electrons. The van der Waals surface area contributed by atoms with Crippen LogP contribution in [0.2, 0.25) is 0 Å². The van der Waals surface area contributed by atoms with Gasteiger partial charge in [0.1, 0.15) is 5.82 Å². The molecule has 0 saturated heterocycles. The molecule has 0 saturated carbocycles. The first-order valence-corrected chi connectivity index (χ1v) is 10.7. The van der Waals surface area contributed by atoms with Crippen molar-refractivity contribution in [2.24, 2.45) is 0 Å². The Balaban J connectivity index is 2.02. The molecular weight excluding hydrogens is 370 g/mol. The molecule has 0 bridgehead atoms. The molecule has 4 rings (SSSR count). The van der Waals surface area contributed by atoms with E-state index in [2.05, 4.69) is 22.5 Å². The van der Waals surface area contributed by atoms with Gasteiger partial charge in [-0.3, -0.25) is 14.0 Å². The van der Waals surface area contributed by atoms with Crippen LogP contribution in [-0.2, 0) is 10.8 Å². The van der Waals surface area contributed by atoms with Crippen molar-refractivity contribution >= 4 is 27.5 Å². The Hall–Kier alpha value is -2.99. The largest absolute Gasteiger partial charge is 0.342 e. The summed E-state index contributed by atoms with van der Waals surface area (Å²) in [6.07, 6.45) is 24.9. The molecule has 1 unspecified atom stereocenters. The van der Waals surface area contributed by atoms with Gasteiger partial charge in [-0.05, 0) is 18.9 Å². The van der Waals surface area contributed by atoms with Gasteiger partial charge in [0.2, 0.25) is 0 Å². The topological polar surface area (TPSA) is 64.0 Å². The van der Waals surface area contributed by atoms with E-state index in [1.54, 1.807) is 24.7 Å². The molecule has 0 aromatic carbocycles. The average molecular weight is 391 g/mol. The number of hydrogen-bond donors (Lipinski definition) is 1. The average Bonchev–Trinajstić information content (AvgIpc) is 2.98. The van der Waals surface area contributed by atoms with Crippen LogP contribution in [0.15, 0.2) is 88.5 Å². The number of nitrogens with zero attached hydrogens (tertiary/aromatic N) is 2. The van der Waals surface area contributed by atoms with Gasteiger partial charge in [0.15, 0.2) is 5.43 Å². The van der Waals surface area contributed by atoms with Crippen LogP contribution in [0, 0.1) is 0 Å². The zero-order valence-electron chi connectivity index (χ0n) is 15.5. The minimum Gasteiger partial charge on any atom is -0.342 e. The van der Waals surface area contributed by atoms with Crippen molar-refractivity contribution in [3.8, 4) is 0 Å². The second-order valence-electron chi connectivity index (χ2n) is 6.66.